The van der Waals surface area contributed by atoms with Crippen LogP contribution in [0.4, 0.5) is 28.7 Å². The summed E-state index contributed by atoms with van der Waals surface area (Å²) in [6.07, 6.45) is 5.82. The number of piperidine rings is 1. The summed E-state index contributed by atoms with van der Waals surface area (Å²) in [6, 6.07) is 21.3. The van der Waals surface area contributed by atoms with Gasteiger partial charge in [0, 0.05) is 63.9 Å². The van der Waals surface area contributed by atoms with Gasteiger partial charge in [0.25, 0.3) is 0 Å². The molecular formula is C38H46N8O3. The summed E-state index contributed by atoms with van der Waals surface area (Å²) in [6.45, 7) is 14.0. The van der Waals surface area contributed by atoms with E-state index >= 15 is 0 Å². The van der Waals surface area contributed by atoms with E-state index < -0.39 is 0 Å². The number of nitrogens with one attached hydrogen (secondary N) is 2. The van der Waals surface area contributed by atoms with Crippen LogP contribution < -0.4 is 25.3 Å². The fourth-order valence-electron chi connectivity index (χ4n) is 7.38. The largest absolute Gasteiger partial charge is 0.494 e. The average molecular weight is 663 g/mol. The minimum atomic E-state index is -0.267. The Kier molecular flexibility index (Phi) is 9.92. The van der Waals surface area contributed by atoms with Crippen LogP contribution in [0.15, 0.2) is 79.6 Å². The number of hydroxylamine groups is 1. The first kappa shape index (κ1) is 32.8. The van der Waals surface area contributed by atoms with Crippen molar-refractivity contribution in [2.24, 2.45) is 0 Å². The van der Waals surface area contributed by atoms with Crippen LogP contribution in [0.1, 0.15) is 37.8 Å². The number of nitrogens with zero attached hydrogens (tertiary/aromatic N) is 6. The number of anilines is 5. The molecule has 3 aliphatic heterocycles. The average Bonchev–Trinajstić information content (AvgIpc) is 3.65. The Bertz CT molecular complexity index is 1780. The number of piperazine rings is 1. The molecule has 0 spiro atoms. The maximum Gasteiger partial charge on any atom is 0.247 e. The number of rotatable bonds is 10. The van der Waals surface area contributed by atoms with Gasteiger partial charge < -0.3 is 25.2 Å². The molecule has 3 fully saturated rings. The van der Waals surface area contributed by atoms with E-state index in [9.17, 15) is 4.79 Å². The first-order valence-corrected chi connectivity index (χ1v) is 17.4. The highest BCUT2D eigenvalue weighted by molar-refractivity contribution is 6.02. The van der Waals surface area contributed by atoms with Crippen molar-refractivity contribution in [3.8, 4) is 5.75 Å². The third-order valence-electron chi connectivity index (χ3n) is 10.1. The predicted octanol–water partition coefficient (Wildman–Crippen LogP) is 6.00. The number of likely N-dealkylation sites (N-methyl/N-ethyl adjacent to an activating group) is 1. The molecular weight excluding hydrogens is 616 g/mol. The summed E-state index contributed by atoms with van der Waals surface area (Å²) >= 11 is 0. The maximum absolute atomic E-state index is 12.6. The second-order valence-corrected chi connectivity index (χ2v) is 12.9. The van der Waals surface area contributed by atoms with Gasteiger partial charge in [0.05, 0.1) is 36.8 Å². The highest BCUT2D eigenvalue weighted by Gasteiger charge is 2.31. The number of methoxy groups -OCH3 is 1. The Hall–Kier alpha value is -4.71. The van der Waals surface area contributed by atoms with E-state index in [1.165, 1.54) is 28.7 Å². The van der Waals surface area contributed by atoms with Gasteiger partial charge in [0.1, 0.15) is 17.9 Å². The molecule has 0 saturated carbocycles. The third kappa shape index (κ3) is 7.19. The van der Waals surface area contributed by atoms with Crippen molar-refractivity contribution in [3.05, 3.63) is 85.2 Å². The van der Waals surface area contributed by atoms with Crippen molar-refractivity contribution >= 4 is 45.4 Å². The number of carbonyl (C=O) groups is 1. The SMILES string of the molecule is C=CC(=O)Nc1cc(Nc2cc(N3OCC[C@@H]3c3ccc4ccccc4c3)ncn2)c(OC)cc1N1CCC(N2CCN(CC)CC2)CC1. The minimum absolute atomic E-state index is 0.0204. The summed E-state index contributed by atoms with van der Waals surface area (Å²) in [5, 5.41) is 10.7. The van der Waals surface area contributed by atoms with Crippen LogP contribution in [0, 0.1) is 0 Å². The molecule has 7 rings (SSSR count). The van der Waals surface area contributed by atoms with E-state index in [1.54, 1.807) is 7.11 Å². The van der Waals surface area contributed by atoms with Gasteiger partial charge in [0.15, 0.2) is 5.82 Å². The highest BCUT2D eigenvalue weighted by atomic mass is 16.7. The van der Waals surface area contributed by atoms with Crippen molar-refractivity contribution in [2.45, 2.75) is 38.3 Å². The van der Waals surface area contributed by atoms with E-state index in [0.29, 0.717) is 41.4 Å². The standard InChI is InChI=1S/C38H46N8O3/c1-4-38(47)42-31-23-32(35(48-3)24-34(31)45-15-12-30(13-16-45)44-19-17-43(5-2)18-20-44)41-36-25-37(40-26-39-36)46-33(14-21-49-46)29-11-10-27-8-6-7-9-28(27)22-29/h4,6-11,22-26,30,33H,1,5,12-21H2,2-3H3,(H,42,47)(H,39,40,41)/t33-/m1/s1. The second-order valence-electron chi connectivity index (χ2n) is 12.9. The molecule has 1 aromatic heterocycles. The van der Waals surface area contributed by atoms with Crippen LogP contribution in [0.5, 0.6) is 5.75 Å². The second kappa shape index (κ2) is 14.8. The molecule has 3 saturated heterocycles. The number of amides is 1. The molecule has 4 heterocycles. The Morgan fingerprint density at radius 2 is 1.76 bits per heavy atom. The lowest BCUT2D eigenvalue weighted by molar-refractivity contribution is -0.111. The maximum atomic E-state index is 12.6. The number of hydrogen-bond acceptors (Lipinski definition) is 10. The predicted molar refractivity (Wildman–Crippen MR) is 196 cm³/mol. The minimum Gasteiger partial charge on any atom is -0.494 e. The molecule has 0 radical (unpaired) electrons. The highest BCUT2D eigenvalue weighted by Crippen LogP contribution is 2.41. The molecule has 256 valence electrons. The van der Waals surface area contributed by atoms with Crippen molar-refractivity contribution in [1.29, 1.82) is 0 Å². The fourth-order valence-corrected chi connectivity index (χ4v) is 7.38. The van der Waals surface area contributed by atoms with Crippen molar-refractivity contribution in [3.63, 3.8) is 0 Å². The lowest BCUT2D eigenvalue weighted by Gasteiger charge is -2.43. The smallest absolute Gasteiger partial charge is 0.247 e. The van der Waals surface area contributed by atoms with Crippen molar-refractivity contribution < 1.29 is 14.4 Å². The number of carbonyl (C=O) groups excluding carboxylic acids is 1. The topological polar surface area (TPSA) is 98.3 Å². The van der Waals surface area contributed by atoms with Gasteiger partial charge in [-0.15, -0.1) is 0 Å². The van der Waals surface area contributed by atoms with Crippen LogP contribution in [-0.4, -0.2) is 91.2 Å². The third-order valence-corrected chi connectivity index (χ3v) is 10.1. The lowest BCUT2D eigenvalue weighted by Crippen LogP contribution is -2.53. The van der Waals surface area contributed by atoms with Crippen LogP contribution >= 0.6 is 0 Å². The molecule has 2 N–H and O–H groups in total. The van der Waals surface area contributed by atoms with Gasteiger partial charge in [-0.05, 0) is 53.9 Å². The molecule has 1 amide bonds. The first-order chi connectivity index (χ1) is 24.0. The van der Waals surface area contributed by atoms with Crippen LogP contribution in [0.3, 0.4) is 0 Å². The van der Waals surface area contributed by atoms with Crippen molar-refractivity contribution in [1.82, 2.24) is 19.8 Å². The van der Waals surface area contributed by atoms with Gasteiger partial charge in [-0.1, -0.05) is 49.9 Å². The van der Waals surface area contributed by atoms with E-state index in [1.807, 2.05) is 23.3 Å². The van der Waals surface area contributed by atoms with Gasteiger partial charge >= 0.3 is 0 Å². The zero-order chi connectivity index (χ0) is 33.7. The van der Waals surface area contributed by atoms with E-state index in [2.05, 4.69) is 91.3 Å². The Morgan fingerprint density at radius 1 is 0.959 bits per heavy atom. The Labute approximate surface area is 288 Å². The van der Waals surface area contributed by atoms with E-state index in [-0.39, 0.29) is 11.9 Å². The Balaban J connectivity index is 1.10. The summed E-state index contributed by atoms with van der Waals surface area (Å²) in [5.41, 5.74) is 3.47. The van der Waals surface area contributed by atoms with Gasteiger partial charge in [-0.25, -0.2) is 15.0 Å². The molecule has 3 aromatic carbocycles. The number of fused-ring (bicyclic) bond motifs is 1. The van der Waals surface area contributed by atoms with Crippen LogP contribution in [0.2, 0.25) is 0 Å². The summed E-state index contributed by atoms with van der Waals surface area (Å²) in [4.78, 5) is 35.3. The van der Waals surface area contributed by atoms with Crippen LogP contribution in [0.25, 0.3) is 10.8 Å². The summed E-state index contributed by atoms with van der Waals surface area (Å²) in [7, 11) is 1.66. The van der Waals surface area contributed by atoms with E-state index in [4.69, 9.17) is 9.57 Å². The fraction of sp³-hybridized carbons (Fsp3) is 0.395. The van der Waals surface area contributed by atoms with Gasteiger partial charge in [-0.2, -0.15) is 0 Å². The number of ether oxygens (including phenoxy) is 1. The Morgan fingerprint density at radius 3 is 2.51 bits per heavy atom. The molecule has 1 atom stereocenters. The van der Waals surface area contributed by atoms with Crippen molar-refractivity contribution in [2.75, 3.05) is 80.1 Å². The molecule has 11 nitrogen and oxygen atoms in total. The molecule has 4 aromatic rings. The zero-order valence-electron chi connectivity index (χ0n) is 28.5. The molecule has 0 bridgehead atoms. The molecule has 3 aliphatic rings. The summed E-state index contributed by atoms with van der Waals surface area (Å²) in [5.74, 6) is 1.61. The molecule has 11 heteroatoms. The molecule has 0 aliphatic carbocycles. The van der Waals surface area contributed by atoms with Crippen LogP contribution in [-0.2, 0) is 9.63 Å². The van der Waals surface area contributed by atoms with E-state index in [0.717, 1.165) is 70.8 Å². The monoisotopic (exact) mass is 662 g/mol. The molecule has 49 heavy (non-hydrogen) atoms. The summed E-state index contributed by atoms with van der Waals surface area (Å²) < 4.78 is 5.90. The lowest BCUT2D eigenvalue weighted by atomic mass is 10.0. The number of aromatic nitrogens is 2. The van der Waals surface area contributed by atoms with Gasteiger partial charge in [-0.3, -0.25) is 14.5 Å². The number of hydrogen-bond donors (Lipinski definition) is 2. The number of benzene rings is 3. The normalized spacial score (nSPS) is 19.3. The van der Waals surface area contributed by atoms with Gasteiger partial charge in [0.2, 0.25) is 5.91 Å². The zero-order valence-corrected chi connectivity index (χ0v) is 28.5. The quantitative estimate of drug-likeness (QED) is 0.197. The molecule has 0 unspecified atom stereocenters. The first-order valence-electron chi connectivity index (χ1n) is 17.4.